The third-order valence-corrected chi connectivity index (χ3v) is 7.98. The van der Waals surface area contributed by atoms with Crippen molar-refractivity contribution < 1.29 is 22.0 Å². The Morgan fingerprint density at radius 1 is 0.727 bits per heavy atom. The Kier molecular flexibility index (Phi) is 9.81. The third kappa shape index (κ3) is 7.82. The number of allylic oxidation sites excluding steroid dienone is 2. The summed E-state index contributed by atoms with van der Waals surface area (Å²) < 4.78 is 66.3. The molecule has 33 heavy (non-hydrogen) atoms. The lowest BCUT2D eigenvalue weighted by atomic mass is 9.74. The number of benzene rings is 1. The van der Waals surface area contributed by atoms with Crippen molar-refractivity contribution >= 4 is 0 Å². The molecule has 0 amide bonds. The van der Waals surface area contributed by atoms with E-state index < -0.39 is 23.4 Å². The molecule has 2 aliphatic rings. The van der Waals surface area contributed by atoms with Gasteiger partial charge < -0.3 is 0 Å². The van der Waals surface area contributed by atoms with Crippen LogP contribution >= 0.6 is 0 Å². The first-order valence-corrected chi connectivity index (χ1v) is 13.0. The summed E-state index contributed by atoms with van der Waals surface area (Å²) in [5.41, 5.74) is -1.40. The van der Waals surface area contributed by atoms with Crippen LogP contribution in [0.2, 0.25) is 0 Å². The minimum absolute atomic E-state index is 0.0469. The van der Waals surface area contributed by atoms with E-state index in [1.54, 1.807) is 0 Å². The SMILES string of the molecule is CCC/C=C/CCC1CCC(CCC2CCC(c3cc(F)c(C(F)(F)F)c(F)c3)CC2)CC1. The summed E-state index contributed by atoms with van der Waals surface area (Å²) in [6.45, 7) is 2.21. The van der Waals surface area contributed by atoms with E-state index in [0.717, 1.165) is 49.7 Å². The molecule has 2 fully saturated rings. The molecule has 0 aromatic heterocycles. The number of rotatable bonds is 9. The fourth-order valence-corrected chi connectivity index (χ4v) is 5.90. The molecule has 186 valence electrons. The predicted molar refractivity (Wildman–Crippen MR) is 124 cm³/mol. The molecule has 5 heteroatoms. The molecule has 0 atom stereocenters. The van der Waals surface area contributed by atoms with Crippen LogP contribution in [0.4, 0.5) is 22.0 Å². The first-order valence-electron chi connectivity index (χ1n) is 13.0. The zero-order valence-electron chi connectivity index (χ0n) is 19.9. The summed E-state index contributed by atoms with van der Waals surface area (Å²) in [6.07, 6.45) is 16.0. The van der Waals surface area contributed by atoms with Crippen molar-refractivity contribution in [2.24, 2.45) is 17.8 Å². The lowest BCUT2D eigenvalue weighted by Crippen LogP contribution is -2.18. The van der Waals surface area contributed by atoms with E-state index in [1.165, 1.54) is 64.2 Å². The van der Waals surface area contributed by atoms with Crippen molar-refractivity contribution in [2.45, 2.75) is 109 Å². The standard InChI is InChI=1S/C28H39F5/c1-2-3-4-5-6-7-20-8-10-21(11-9-20)12-13-22-14-16-23(17-15-22)24-18-25(29)27(26(30)19-24)28(31,32)33/h4-5,18-23H,2-3,6-17H2,1H3/b5-4+. The summed E-state index contributed by atoms with van der Waals surface area (Å²) in [7, 11) is 0. The van der Waals surface area contributed by atoms with Gasteiger partial charge in [-0.15, -0.1) is 0 Å². The number of halogens is 5. The Morgan fingerprint density at radius 3 is 1.67 bits per heavy atom. The van der Waals surface area contributed by atoms with Crippen molar-refractivity contribution in [1.82, 2.24) is 0 Å². The summed E-state index contributed by atoms with van der Waals surface area (Å²) >= 11 is 0. The summed E-state index contributed by atoms with van der Waals surface area (Å²) in [6, 6.07) is 1.80. The highest BCUT2D eigenvalue weighted by Crippen LogP contribution is 2.42. The van der Waals surface area contributed by atoms with Crippen LogP contribution in [0.25, 0.3) is 0 Å². The topological polar surface area (TPSA) is 0 Å². The minimum Gasteiger partial charge on any atom is -0.206 e. The molecular formula is C28H39F5. The molecule has 3 rings (SSSR count). The first-order chi connectivity index (χ1) is 15.8. The van der Waals surface area contributed by atoms with Gasteiger partial charge in [0.25, 0.3) is 0 Å². The zero-order chi connectivity index (χ0) is 23.8. The lowest BCUT2D eigenvalue weighted by Gasteiger charge is -2.32. The Bertz CT molecular complexity index is 727. The molecule has 0 unspecified atom stereocenters. The van der Waals surface area contributed by atoms with Crippen LogP contribution in [0.1, 0.15) is 114 Å². The van der Waals surface area contributed by atoms with Crippen LogP contribution in [0.3, 0.4) is 0 Å². The van der Waals surface area contributed by atoms with Gasteiger partial charge in [0.15, 0.2) is 0 Å². The summed E-state index contributed by atoms with van der Waals surface area (Å²) in [5, 5.41) is 0. The smallest absolute Gasteiger partial charge is 0.206 e. The summed E-state index contributed by atoms with van der Waals surface area (Å²) in [4.78, 5) is 0. The molecular weight excluding hydrogens is 431 g/mol. The van der Waals surface area contributed by atoms with Gasteiger partial charge in [0.2, 0.25) is 0 Å². The quantitative estimate of drug-likeness (QED) is 0.249. The van der Waals surface area contributed by atoms with E-state index in [2.05, 4.69) is 19.1 Å². The monoisotopic (exact) mass is 470 g/mol. The number of alkyl halides is 3. The zero-order valence-corrected chi connectivity index (χ0v) is 19.9. The van der Waals surface area contributed by atoms with Crippen molar-refractivity contribution in [3.63, 3.8) is 0 Å². The van der Waals surface area contributed by atoms with Crippen molar-refractivity contribution in [1.29, 1.82) is 0 Å². The fraction of sp³-hybridized carbons (Fsp3) is 0.714. The van der Waals surface area contributed by atoms with Crippen LogP contribution in [0.15, 0.2) is 24.3 Å². The van der Waals surface area contributed by atoms with E-state index in [4.69, 9.17) is 0 Å². The Morgan fingerprint density at radius 2 is 1.18 bits per heavy atom. The minimum atomic E-state index is -5.00. The molecule has 1 aromatic carbocycles. The van der Waals surface area contributed by atoms with E-state index >= 15 is 0 Å². The average Bonchev–Trinajstić information content (AvgIpc) is 2.77. The molecule has 0 bridgehead atoms. The molecule has 2 aliphatic carbocycles. The molecule has 0 heterocycles. The van der Waals surface area contributed by atoms with E-state index in [0.29, 0.717) is 11.5 Å². The molecule has 0 spiro atoms. The van der Waals surface area contributed by atoms with Crippen LogP contribution in [-0.2, 0) is 6.18 Å². The largest absolute Gasteiger partial charge is 0.422 e. The number of unbranched alkanes of at least 4 members (excludes halogenated alkanes) is 1. The highest BCUT2D eigenvalue weighted by molar-refractivity contribution is 5.30. The highest BCUT2D eigenvalue weighted by Gasteiger charge is 2.38. The van der Waals surface area contributed by atoms with Gasteiger partial charge in [-0.05, 0) is 86.3 Å². The molecule has 2 saturated carbocycles. The van der Waals surface area contributed by atoms with E-state index in [9.17, 15) is 22.0 Å². The molecule has 0 saturated heterocycles. The van der Waals surface area contributed by atoms with Crippen molar-refractivity contribution in [3.05, 3.63) is 47.0 Å². The van der Waals surface area contributed by atoms with Gasteiger partial charge in [0.1, 0.15) is 17.2 Å². The van der Waals surface area contributed by atoms with Crippen LogP contribution in [0, 0.1) is 29.4 Å². The highest BCUT2D eigenvalue weighted by atomic mass is 19.4. The molecule has 0 N–H and O–H groups in total. The second-order valence-electron chi connectivity index (χ2n) is 10.4. The Hall–Kier alpha value is -1.39. The van der Waals surface area contributed by atoms with Crippen LogP contribution < -0.4 is 0 Å². The van der Waals surface area contributed by atoms with Gasteiger partial charge >= 0.3 is 6.18 Å². The lowest BCUT2D eigenvalue weighted by molar-refractivity contribution is -0.142. The van der Waals surface area contributed by atoms with Crippen LogP contribution in [-0.4, -0.2) is 0 Å². The Labute approximate surface area is 196 Å². The summed E-state index contributed by atoms with van der Waals surface area (Å²) in [5.74, 6) is -0.694. The number of hydrogen-bond acceptors (Lipinski definition) is 0. The maximum atomic E-state index is 13.9. The van der Waals surface area contributed by atoms with Gasteiger partial charge in [-0.2, -0.15) is 13.2 Å². The van der Waals surface area contributed by atoms with E-state index in [1.807, 2.05) is 0 Å². The third-order valence-electron chi connectivity index (χ3n) is 7.98. The second-order valence-corrected chi connectivity index (χ2v) is 10.4. The van der Waals surface area contributed by atoms with Gasteiger partial charge in [0.05, 0.1) is 0 Å². The van der Waals surface area contributed by atoms with Crippen molar-refractivity contribution in [3.8, 4) is 0 Å². The first kappa shape index (κ1) is 26.2. The van der Waals surface area contributed by atoms with E-state index in [-0.39, 0.29) is 5.92 Å². The van der Waals surface area contributed by atoms with Crippen molar-refractivity contribution in [2.75, 3.05) is 0 Å². The van der Waals surface area contributed by atoms with Gasteiger partial charge in [-0.1, -0.05) is 64.0 Å². The Balaban J connectivity index is 1.37. The molecule has 0 aliphatic heterocycles. The van der Waals surface area contributed by atoms with Crippen LogP contribution in [0.5, 0.6) is 0 Å². The fourth-order valence-electron chi connectivity index (χ4n) is 5.90. The van der Waals surface area contributed by atoms with Gasteiger partial charge in [-0.3, -0.25) is 0 Å². The van der Waals surface area contributed by atoms with Gasteiger partial charge in [0, 0.05) is 0 Å². The number of hydrogen-bond donors (Lipinski definition) is 0. The second kappa shape index (κ2) is 12.4. The molecule has 1 aromatic rings. The average molecular weight is 471 g/mol. The molecule has 0 nitrogen and oxygen atoms in total. The van der Waals surface area contributed by atoms with Gasteiger partial charge in [-0.25, -0.2) is 8.78 Å². The predicted octanol–water partition coefficient (Wildman–Crippen LogP) is 9.98. The maximum Gasteiger partial charge on any atom is 0.422 e. The molecule has 0 radical (unpaired) electrons. The maximum absolute atomic E-state index is 13.9. The normalized spacial score (nSPS) is 26.7.